The van der Waals surface area contributed by atoms with Gasteiger partial charge in [-0.1, -0.05) is 0 Å². The first-order valence-electron chi connectivity index (χ1n) is 5.50. The van der Waals surface area contributed by atoms with E-state index in [0.717, 1.165) is 11.3 Å². The number of aromatic nitrogens is 2. The van der Waals surface area contributed by atoms with Gasteiger partial charge in [0.1, 0.15) is 0 Å². The number of likely N-dealkylation sites (N-methyl/N-ethyl adjacent to an activating group) is 1. The van der Waals surface area contributed by atoms with Crippen LogP contribution in [-0.2, 0) is 0 Å². The van der Waals surface area contributed by atoms with E-state index in [4.69, 9.17) is 0 Å². The topological polar surface area (TPSA) is 21.1 Å². The number of likely N-dealkylation sites (tertiary alicyclic amines) is 1. The zero-order valence-electron chi connectivity index (χ0n) is 9.57. The van der Waals surface area contributed by atoms with E-state index in [1.54, 1.807) is 0 Å². The normalized spacial score (nSPS) is 22.9. The van der Waals surface area contributed by atoms with E-state index in [-0.39, 0.29) is 0 Å². The summed E-state index contributed by atoms with van der Waals surface area (Å²) in [5, 5.41) is 0. The maximum atomic E-state index is 4.37. The Kier molecular flexibility index (Phi) is 3.16. The summed E-state index contributed by atoms with van der Waals surface area (Å²) < 4.78 is 3.26. The molecule has 15 heavy (non-hydrogen) atoms. The van der Waals surface area contributed by atoms with Crippen molar-refractivity contribution in [1.82, 2.24) is 14.5 Å². The van der Waals surface area contributed by atoms with Crippen LogP contribution in [0.5, 0.6) is 0 Å². The molecule has 84 valence electrons. The molecule has 1 atom stereocenters. The van der Waals surface area contributed by atoms with E-state index in [9.17, 15) is 0 Å². The molecular formula is C11H18BrN3. The van der Waals surface area contributed by atoms with Crippen LogP contribution in [0.15, 0.2) is 10.9 Å². The van der Waals surface area contributed by atoms with Crippen LogP contribution in [0.2, 0.25) is 0 Å². The summed E-state index contributed by atoms with van der Waals surface area (Å²) in [5.41, 5.74) is 1.38. The highest BCUT2D eigenvalue weighted by molar-refractivity contribution is 9.10. The van der Waals surface area contributed by atoms with Gasteiger partial charge in [0.05, 0.1) is 0 Å². The molecule has 1 aliphatic rings. The SMILES string of the molecule is CC(C)n1c(C2CCN(C)C2)cnc1Br. The van der Waals surface area contributed by atoms with E-state index < -0.39 is 0 Å². The Morgan fingerprint density at radius 2 is 2.27 bits per heavy atom. The Labute approximate surface area is 99.6 Å². The summed E-state index contributed by atoms with van der Waals surface area (Å²) in [6.07, 6.45) is 3.27. The fraction of sp³-hybridized carbons (Fsp3) is 0.727. The zero-order chi connectivity index (χ0) is 11.0. The third kappa shape index (κ3) is 2.11. The van der Waals surface area contributed by atoms with Gasteiger partial charge in [-0.25, -0.2) is 4.98 Å². The molecule has 0 radical (unpaired) electrons. The number of rotatable bonds is 2. The maximum Gasteiger partial charge on any atom is 0.177 e. The Balaban J connectivity index is 2.28. The minimum absolute atomic E-state index is 0.475. The number of halogens is 1. The van der Waals surface area contributed by atoms with Gasteiger partial charge < -0.3 is 9.47 Å². The fourth-order valence-corrected chi connectivity index (χ4v) is 3.06. The number of imidazole rings is 1. The van der Waals surface area contributed by atoms with Gasteiger partial charge in [-0.3, -0.25) is 0 Å². The molecule has 0 N–H and O–H groups in total. The molecule has 0 spiro atoms. The smallest absolute Gasteiger partial charge is 0.177 e. The standard InChI is InChI=1S/C11H18BrN3/c1-8(2)15-10(6-13-11(15)12)9-4-5-14(3)7-9/h6,8-9H,4-5,7H2,1-3H3. The lowest BCUT2D eigenvalue weighted by Crippen LogP contribution is -2.15. The second-order valence-electron chi connectivity index (χ2n) is 4.66. The van der Waals surface area contributed by atoms with E-state index in [0.29, 0.717) is 12.0 Å². The van der Waals surface area contributed by atoms with Crippen LogP contribution in [0, 0.1) is 0 Å². The van der Waals surface area contributed by atoms with Gasteiger partial charge in [-0.15, -0.1) is 0 Å². The molecule has 1 saturated heterocycles. The van der Waals surface area contributed by atoms with Crippen LogP contribution in [0.3, 0.4) is 0 Å². The quantitative estimate of drug-likeness (QED) is 0.825. The van der Waals surface area contributed by atoms with Crippen LogP contribution >= 0.6 is 15.9 Å². The summed E-state index contributed by atoms with van der Waals surface area (Å²) in [4.78, 5) is 6.75. The lowest BCUT2D eigenvalue weighted by Gasteiger charge is -2.17. The van der Waals surface area contributed by atoms with Crippen molar-refractivity contribution in [2.24, 2.45) is 0 Å². The minimum atomic E-state index is 0.475. The van der Waals surface area contributed by atoms with Crippen molar-refractivity contribution in [3.05, 3.63) is 16.6 Å². The monoisotopic (exact) mass is 271 g/mol. The molecule has 0 bridgehead atoms. The lowest BCUT2D eigenvalue weighted by molar-refractivity contribution is 0.407. The molecular weight excluding hydrogens is 254 g/mol. The predicted octanol–water partition coefficient (Wildman–Crippen LogP) is 2.65. The summed E-state index contributed by atoms with van der Waals surface area (Å²) in [6, 6.07) is 0.475. The summed E-state index contributed by atoms with van der Waals surface area (Å²) >= 11 is 3.52. The molecule has 0 saturated carbocycles. The van der Waals surface area contributed by atoms with Crippen molar-refractivity contribution >= 4 is 15.9 Å². The van der Waals surface area contributed by atoms with Crippen LogP contribution in [0.1, 0.15) is 37.9 Å². The van der Waals surface area contributed by atoms with E-state index in [1.807, 2.05) is 6.20 Å². The Hall–Kier alpha value is -0.350. The molecule has 0 aliphatic carbocycles. The largest absolute Gasteiger partial charge is 0.320 e. The van der Waals surface area contributed by atoms with Gasteiger partial charge in [0, 0.05) is 30.4 Å². The third-order valence-corrected chi connectivity index (χ3v) is 3.69. The average Bonchev–Trinajstić information content (AvgIpc) is 2.71. The molecule has 2 heterocycles. The highest BCUT2D eigenvalue weighted by atomic mass is 79.9. The average molecular weight is 272 g/mol. The third-order valence-electron chi connectivity index (χ3n) is 3.11. The van der Waals surface area contributed by atoms with Crippen LogP contribution < -0.4 is 0 Å². The van der Waals surface area contributed by atoms with Crippen LogP contribution in [0.25, 0.3) is 0 Å². The lowest BCUT2D eigenvalue weighted by atomic mass is 10.1. The van der Waals surface area contributed by atoms with Crippen molar-refractivity contribution in [3.63, 3.8) is 0 Å². The number of hydrogen-bond donors (Lipinski definition) is 0. The molecule has 1 unspecified atom stereocenters. The number of hydrogen-bond acceptors (Lipinski definition) is 2. The maximum absolute atomic E-state index is 4.37. The van der Waals surface area contributed by atoms with Crippen LogP contribution in [-0.4, -0.2) is 34.6 Å². The van der Waals surface area contributed by atoms with Gasteiger partial charge in [-0.05, 0) is 49.8 Å². The molecule has 1 fully saturated rings. The van der Waals surface area contributed by atoms with Crippen LogP contribution in [0.4, 0.5) is 0 Å². The summed E-state index contributed by atoms with van der Waals surface area (Å²) in [5.74, 6) is 0.649. The van der Waals surface area contributed by atoms with E-state index in [2.05, 4.69) is 51.3 Å². The molecule has 1 aromatic rings. The van der Waals surface area contributed by atoms with Gasteiger partial charge in [0.15, 0.2) is 4.73 Å². The van der Waals surface area contributed by atoms with Gasteiger partial charge in [0.25, 0.3) is 0 Å². The first-order chi connectivity index (χ1) is 7.09. The highest BCUT2D eigenvalue weighted by Crippen LogP contribution is 2.30. The molecule has 2 rings (SSSR count). The summed E-state index contributed by atoms with van der Waals surface area (Å²) in [6.45, 7) is 6.76. The molecule has 0 aromatic carbocycles. The predicted molar refractivity (Wildman–Crippen MR) is 65.2 cm³/mol. The Morgan fingerprint density at radius 1 is 1.53 bits per heavy atom. The van der Waals surface area contributed by atoms with E-state index >= 15 is 0 Å². The zero-order valence-corrected chi connectivity index (χ0v) is 11.2. The molecule has 0 amide bonds. The second kappa shape index (κ2) is 4.26. The van der Waals surface area contributed by atoms with Crippen molar-refractivity contribution < 1.29 is 0 Å². The molecule has 1 aromatic heterocycles. The number of nitrogens with zero attached hydrogens (tertiary/aromatic N) is 3. The van der Waals surface area contributed by atoms with Gasteiger partial charge >= 0.3 is 0 Å². The molecule has 4 heteroatoms. The van der Waals surface area contributed by atoms with Gasteiger partial charge in [0.2, 0.25) is 0 Å². The van der Waals surface area contributed by atoms with E-state index in [1.165, 1.54) is 18.7 Å². The molecule has 1 aliphatic heterocycles. The Morgan fingerprint density at radius 3 is 2.80 bits per heavy atom. The summed E-state index contributed by atoms with van der Waals surface area (Å²) in [7, 11) is 2.19. The second-order valence-corrected chi connectivity index (χ2v) is 5.37. The highest BCUT2D eigenvalue weighted by Gasteiger charge is 2.25. The first kappa shape index (κ1) is 11.1. The van der Waals surface area contributed by atoms with Crippen molar-refractivity contribution in [1.29, 1.82) is 0 Å². The Bertz CT molecular complexity index is 346. The minimum Gasteiger partial charge on any atom is -0.320 e. The molecule has 3 nitrogen and oxygen atoms in total. The first-order valence-corrected chi connectivity index (χ1v) is 6.30. The van der Waals surface area contributed by atoms with Crippen molar-refractivity contribution in [2.75, 3.05) is 20.1 Å². The fourth-order valence-electron chi connectivity index (χ4n) is 2.34. The van der Waals surface area contributed by atoms with Crippen molar-refractivity contribution in [3.8, 4) is 0 Å². The van der Waals surface area contributed by atoms with Crippen molar-refractivity contribution in [2.45, 2.75) is 32.2 Å². The van der Waals surface area contributed by atoms with Gasteiger partial charge in [-0.2, -0.15) is 0 Å².